The van der Waals surface area contributed by atoms with Crippen molar-refractivity contribution in [3.05, 3.63) is 102 Å². The SMILES string of the molecule is [2H]C([2H])([2H])c1c[c-]c(-c2ccc([Si](C)(C)C)cn2)cc1.[2H]C([2H])([2H])c1ccc2c(n1)oc1c(-c3nc4ccncc4n3C)[c-]cc(C([2H])([2H])[2H])c12.[Ir]. The minimum atomic E-state index is -2.43. The molecule has 0 unspecified atom stereocenters. The standard InChI is InChI=1S/C20H15N4O.C15H18NSi.Ir/c1-11-4-6-14(19-23-15-8-9-21-10-16(15)24(19)3)18-17(11)13-7-5-12(2)22-20(13)25-18;1-12-5-7-13(8-6-12)15-10-9-14(11-16-15)17(2,3)4;/h4-5,7-10H,1-3H3;5-7,9-11H,1-4H3;/q2*-1;/i1D3,2D3;1D3;. The molecule has 0 saturated heterocycles. The molecule has 2 aromatic carbocycles. The van der Waals surface area contributed by atoms with E-state index in [1.54, 1.807) is 30.6 Å². The number of pyridine rings is 3. The van der Waals surface area contributed by atoms with Crippen LogP contribution < -0.4 is 5.19 Å². The topological polar surface area (TPSA) is 69.6 Å². The van der Waals surface area contributed by atoms with Gasteiger partial charge >= 0.3 is 0 Å². The van der Waals surface area contributed by atoms with Gasteiger partial charge in [-0.1, -0.05) is 56.4 Å². The zero-order valence-electron chi connectivity index (χ0n) is 32.9. The molecule has 0 atom stereocenters. The van der Waals surface area contributed by atoms with Crippen LogP contribution in [-0.2, 0) is 27.2 Å². The second kappa shape index (κ2) is 12.0. The first-order valence-electron chi connectivity index (χ1n) is 17.8. The van der Waals surface area contributed by atoms with Crippen molar-refractivity contribution in [2.75, 3.05) is 0 Å². The van der Waals surface area contributed by atoms with E-state index in [1.807, 2.05) is 23.9 Å². The van der Waals surface area contributed by atoms with E-state index in [4.69, 9.17) is 16.8 Å². The molecule has 219 valence electrons. The van der Waals surface area contributed by atoms with Gasteiger partial charge in [-0.2, -0.15) is 0 Å². The first-order valence-corrected chi connectivity index (χ1v) is 16.8. The maximum absolute atomic E-state index is 7.95. The fourth-order valence-corrected chi connectivity index (χ4v) is 5.74. The van der Waals surface area contributed by atoms with Crippen LogP contribution in [0.25, 0.3) is 55.7 Å². The second-order valence-electron chi connectivity index (χ2n) is 11.0. The summed E-state index contributed by atoms with van der Waals surface area (Å²) < 4.78 is 76.5. The molecule has 0 fully saturated rings. The molecule has 6 nitrogen and oxygen atoms in total. The molecule has 5 aromatic heterocycles. The Labute approximate surface area is 279 Å². The quantitative estimate of drug-likeness (QED) is 0.136. The van der Waals surface area contributed by atoms with Crippen LogP contribution in [0.15, 0.2) is 77.6 Å². The Kier molecular flexibility index (Phi) is 5.80. The van der Waals surface area contributed by atoms with Crippen molar-refractivity contribution in [1.82, 2.24) is 24.5 Å². The predicted octanol–water partition coefficient (Wildman–Crippen LogP) is 7.75. The van der Waals surface area contributed by atoms with Crippen LogP contribution in [0.3, 0.4) is 0 Å². The predicted molar refractivity (Wildman–Crippen MR) is 174 cm³/mol. The number of rotatable bonds is 3. The van der Waals surface area contributed by atoms with Gasteiger partial charge in [0.25, 0.3) is 0 Å². The van der Waals surface area contributed by atoms with Gasteiger partial charge in [-0.15, -0.1) is 53.1 Å². The van der Waals surface area contributed by atoms with Gasteiger partial charge in [-0.3, -0.25) is 9.97 Å². The molecule has 0 aliphatic carbocycles. The van der Waals surface area contributed by atoms with Crippen LogP contribution >= 0.6 is 0 Å². The summed E-state index contributed by atoms with van der Waals surface area (Å²) in [5.74, 6) is 0.514. The zero-order chi connectivity index (χ0) is 37.1. The van der Waals surface area contributed by atoms with Gasteiger partial charge in [0.15, 0.2) is 0 Å². The van der Waals surface area contributed by atoms with Gasteiger partial charge in [0.1, 0.15) is 0 Å². The molecule has 7 aromatic rings. The third kappa shape index (κ3) is 5.96. The van der Waals surface area contributed by atoms with Crippen molar-refractivity contribution in [2.45, 2.75) is 40.2 Å². The number of aromatic nitrogens is 5. The van der Waals surface area contributed by atoms with Crippen LogP contribution in [0.1, 0.15) is 29.2 Å². The molecule has 5 heterocycles. The average Bonchev–Trinajstić information content (AvgIpc) is 3.61. The fraction of sp³-hybridized carbons (Fsp3) is 0.200. The molecule has 1 radical (unpaired) electrons. The molecular formula is C35H33IrN5OSi-2. The molecule has 0 bridgehead atoms. The number of benzene rings is 2. The van der Waals surface area contributed by atoms with Gasteiger partial charge in [0.05, 0.1) is 36.7 Å². The minimum Gasteiger partial charge on any atom is -0.486 e. The summed E-state index contributed by atoms with van der Waals surface area (Å²) in [4.78, 5) is 17.4. The Hall–Kier alpha value is -3.97. The third-order valence-corrected chi connectivity index (χ3v) is 9.07. The van der Waals surface area contributed by atoms with Crippen LogP contribution in [0.5, 0.6) is 0 Å². The van der Waals surface area contributed by atoms with E-state index in [-0.39, 0.29) is 42.7 Å². The van der Waals surface area contributed by atoms with E-state index < -0.39 is 28.6 Å². The number of hydrogen-bond acceptors (Lipinski definition) is 5. The van der Waals surface area contributed by atoms with Crippen LogP contribution in [0.2, 0.25) is 19.6 Å². The molecule has 0 aliphatic heterocycles. The molecule has 43 heavy (non-hydrogen) atoms. The number of fused-ring (bicyclic) bond motifs is 4. The van der Waals surface area contributed by atoms with E-state index in [0.717, 1.165) is 16.8 Å². The first kappa shape index (κ1) is 20.8. The Morgan fingerprint density at radius 1 is 0.907 bits per heavy atom. The van der Waals surface area contributed by atoms with Crippen LogP contribution in [-0.4, -0.2) is 32.6 Å². The van der Waals surface area contributed by atoms with Crippen molar-refractivity contribution in [2.24, 2.45) is 7.05 Å². The van der Waals surface area contributed by atoms with Crippen molar-refractivity contribution in [1.29, 1.82) is 0 Å². The molecule has 0 saturated carbocycles. The Balaban J connectivity index is 0.000000217. The summed E-state index contributed by atoms with van der Waals surface area (Å²) in [5.41, 5.74) is 4.12. The Morgan fingerprint density at radius 3 is 2.47 bits per heavy atom. The van der Waals surface area contributed by atoms with Gasteiger partial charge in [0, 0.05) is 63.0 Å². The van der Waals surface area contributed by atoms with Gasteiger partial charge in [0.2, 0.25) is 5.71 Å². The van der Waals surface area contributed by atoms with E-state index in [2.05, 4.69) is 57.8 Å². The molecule has 8 heteroatoms. The van der Waals surface area contributed by atoms with E-state index in [9.17, 15) is 0 Å². The van der Waals surface area contributed by atoms with E-state index >= 15 is 0 Å². The molecule has 0 aliphatic rings. The number of aryl methyl sites for hydroxylation is 4. The number of nitrogens with zero attached hydrogens (tertiary/aromatic N) is 5. The summed E-state index contributed by atoms with van der Waals surface area (Å²) in [5, 5.41) is 2.07. The zero-order valence-corrected chi connectivity index (χ0v) is 27.3. The average molecular weight is 769 g/mol. The fourth-order valence-electron chi connectivity index (χ4n) is 4.71. The van der Waals surface area contributed by atoms with Gasteiger partial charge in [-0.05, 0) is 35.9 Å². The van der Waals surface area contributed by atoms with Gasteiger partial charge in [-0.25, -0.2) is 4.98 Å². The number of imidazole rings is 1. The molecule has 0 spiro atoms. The normalized spacial score (nSPS) is 15.4. The number of hydrogen-bond donors (Lipinski definition) is 0. The second-order valence-corrected chi connectivity index (χ2v) is 16.0. The largest absolute Gasteiger partial charge is 0.486 e. The monoisotopic (exact) mass is 769 g/mol. The maximum atomic E-state index is 7.95. The molecule has 7 rings (SSSR count). The number of furan rings is 1. The van der Waals surface area contributed by atoms with E-state index in [0.29, 0.717) is 33.2 Å². The van der Waals surface area contributed by atoms with E-state index in [1.165, 1.54) is 29.5 Å². The smallest absolute Gasteiger partial charge is 0.216 e. The first-order chi connectivity index (χ1) is 23.7. The summed E-state index contributed by atoms with van der Waals surface area (Å²) in [7, 11) is 0.479. The Bertz CT molecular complexity index is 2320. The summed E-state index contributed by atoms with van der Waals surface area (Å²) in [6.07, 6.45) is 5.24. The summed E-state index contributed by atoms with van der Waals surface area (Å²) in [6, 6.07) is 21.1. The summed E-state index contributed by atoms with van der Waals surface area (Å²) in [6.45, 7) is -0.0879. The van der Waals surface area contributed by atoms with Gasteiger partial charge < -0.3 is 14.0 Å². The minimum absolute atomic E-state index is 0. The van der Waals surface area contributed by atoms with Crippen LogP contribution in [0, 0.1) is 32.7 Å². The molecule has 0 amide bonds. The molecular weight excluding hydrogens is 727 g/mol. The van der Waals surface area contributed by atoms with Crippen molar-refractivity contribution < 1.29 is 36.9 Å². The Morgan fingerprint density at radius 2 is 1.79 bits per heavy atom. The maximum Gasteiger partial charge on any atom is 0.216 e. The van der Waals surface area contributed by atoms with Crippen molar-refractivity contribution in [3.8, 4) is 22.6 Å². The van der Waals surface area contributed by atoms with Crippen molar-refractivity contribution in [3.63, 3.8) is 0 Å². The van der Waals surface area contributed by atoms with Crippen molar-refractivity contribution >= 4 is 46.4 Å². The molecule has 0 N–H and O–H groups in total. The summed E-state index contributed by atoms with van der Waals surface area (Å²) >= 11 is 0. The van der Waals surface area contributed by atoms with Crippen LogP contribution in [0.4, 0.5) is 0 Å². The third-order valence-electron chi connectivity index (χ3n) is 7.04.